The normalized spacial score (nSPS) is 17.4. The summed E-state index contributed by atoms with van der Waals surface area (Å²) in [7, 11) is -0.482. The molecule has 1 aliphatic heterocycles. The van der Waals surface area contributed by atoms with Crippen LogP contribution in [0.15, 0.2) is 77.8 Å². The van der Waals surface area contributed by atoms with Crippen molar-refractivity contribution < 1.29 is 28.4 Å². The summed E-state index contributed by atoms with van der Waals surface area (Å²) in [6.45, 7) is 13.6. The van der Waals surface area contributed by atoms with E-state index < -0.39 is 30.3 Å². The number of nitrogens with one attached hydrogen (secondary N) is 1. The molecule has 0 aromatic heterocycles. The predicted octanol–water partition coefficient (Wildman–Crippen LogP) is 6.96. The SMILES string of the molecule is CC(C)C(=NC(=O)OCC1c2ccccc2-c2ccccc21)C(=O)CCC(C)C(=O)Nc1ccc(B2OC(C)(C)C(C)(C)O2)cc1. The minimum absolute atomic E-state index is 0.0864. The van der Waals surface area contributed by atoms with Gasteiger partial charge in [-0.05, 0) is 79.9 Å². The van der Waals surface area contributed by atoms with E-state index in [4.69, 9.17) is 14.0 Å². The summed E-state index contributed by atoms with van der Waals surface area (Å²) in [4.78, 5) is 43.0. The Bertz CT molecular complexity index is 1580. The summed E-state index contributed by atoms with van der Waals surface area (Å²) >= 11 is 0. The molecule has 1 unspecified atom stereocenters. The lowest BCUT2D eigenvalue weighted by Crippen LogP contribution is -2.41. The van der Waals surface area contributed by atoms with Crippen LogP contribution in [0.3, 0.4) is 0 Å². The number of amides is 2. The minimum Gasteiger partial charge on any atom is -0.447 e. The molecule has 1 N–H and O–H groups in total. The number of carbonyl (C=O) groups is 3. The number of fused-ring (bicyclic) bond motifs is 3. The van der Waals surface area contributed by atoms with E-state index in [1.54, 1.807) is 6.92 Å². The monoisotopic (exact) mass is 622 g/mol. The second kappa shape index (κ2) is 13.3. The number of aliphatic imine (C=N–C) groups is 1. The van der Waals surface area contributed by atoms with Crippen LogP contribution in [-0.2, 0) is 23.6 Å². The quantitative estimate of drug-likeness (QED) is 0.194. The van der Waals surface area contributed by atoms with Crippen molar-refractivity contribution in [1.82, 2.24) is 0 Å². The Balaban J connectivity index is 1.13. The number of Topliss-reactive ketones (excluding diaryl/α,β-unsaturated/α-hetero) is 1. The predicted molar refractivity (Wildman–Crippen MR) is 182 cm³/mol. The number of anilines is 1. The summed E-state index contributed by atoms with van der Waals surface area (Å²) in [6, 6.07) is 23.6. The molecule has 1 heterocycles. The van der Waals surface area contributed by atoms with Crippen molar-refractivity contribution in [2.75, 3.05) is 11.9 Å². The van der Waals surface area contributed by atoms with Gasteiger partial charge in [-0.1, -0.05) is 81.4 Å². The smallest absolute Gasteiger partial charge is 0.447 e. The van der Waals surface area contributed by atoms with Crippen molar-refractivity contribution in [2.45, 2.75) is 78.4 Å². The van der Waals surface area contributed by atoms with Gasteiger partial charge in [0.25, 0.3) is 0 Å². The van der Waals surface area contributed by atoms with Gasteiger partial charge in [0.2, 0.25) is 5.91 Å². The van der Waals surface area contributed by atoms with Crippen molar-refractivity contribution in [3.63, 3.8) is 0 Å². The fourth-order valence-electron chi connectivity index (χ4n) is 5.81. The van der Waals surface area contributed by atoms with Crippen molar-refractivity contribution in [1.29, 1.82) is 0 Å². The first-order chi connectivity index (χ1) is 21.8. The van der Waals surface area contributed by atoms with E-state index in [1.807, 2.05) is 102 Å². The molecular weight excluding hydrogens is 579 g/mol. The fourth-order valence-corrected chi connectivity index (χ4v) is 5.81. The Morgan fingerprint density at radius 1 is 0.848 bits per heavy atom. The van der Waals surface area contributed by atoms with Crippen molar-refractivity contribution >= 4 is 41.8 Å². The summed E-state index contributed by atoms with van der Waals surface area (Å²) < 4.78 is 17.8. The van der Waals surface area contributed by atoms with Crippen molar-refractivity contribution in [3.05, 3.63) is 83.9 Å². The van der Waals surface area contributed by atoms with Gasteiger partial charge in [-0.3, -0.25) is 9.59 Å². The van der Waals surface area contributed by atoms with E-state index in [9.17, 15) is 14.4 Å². The molecular formula is C37H43BN2O6. The Morgan fingerprint density at radius 3 is 1.93 bits per heavy atom. The molecule has 0 spiro atoms. The van der Waals surface area contributed by atoms with Crippen LogP contribution in [0.1, 0.15) is 78.4 Å². The number of nitrogens with zero attached hydrogens (tertiary/aromatic N) is 1. The van der Waals surface area contributed by atoms with E-state index in [1.165, 1.54) is 0 Å². The largest absolute Gasteiger partial charge is 0.494 e. The molecule has 1 aliphatic carbocycles. The summed E-state index contributed by atoms with van der Waals surface area (Å²) in [5, 5.41) is 2.92. The maximum Gasteiger partial charge on any atom is 0.494 e. The third kappa shape index (κ3) is 7.01. The molecule has 0 saturated carbocycles. The average molecular weight is 623 g/mol. The summed E-state index contributed by atoms with van der Waals surface area (Å²) in [5.74, 6) is -1.27. The van der Waals surface area contributed by atoms with Crippen LogP contribution >= 0.6 is 0 Å². The molecule has 0 radical (unpaired) electrons. The Kier molecular flexibility index (Phi) is 9.66. The lowest BCUT2D eigenvalue weighted by Gasteiger charge is -2.32. The molecule has 8 nitrogen and oxygen atoms in total. The van der Waals surface area contributed by atoms with E-state index in [2.05, 4.69) is 22.4 Å². The molecule has 3 aromatic carbocycles. The van der Waals surface area contributed by atoms with Crippen LogP contribution in [0.2, 0.25) is 0 Å². The molecule has 2 amide bonds. The number of ether oxygens (including phenoxy) is 1. The number of hydrogen-bond acceptors (Lipinski definition) is 6. The molecule has 9 heteroatoms. The van der Waals surface area contributed by atoms with Crippen molar-refractivity contribution in [3.8, 4) is 11.1 Å². The first-order valence-electron chi connectivity index (χ1n) is 16.0. The molecule has 0 bridgehead atoms. The zero-order valence-corrected chi connectivity index (χ0v) is 27.8. The first-order valence-corrected chi connectivity index (χ1v) is 16.0. The zero-order valence-electron chi connectivity index (χ0n) is 27.8. The average Bonchev–Trinajstić information content (AvgIpc) is 3.46. The van der Waals surface area contributed by atoms with Crippen LogP contribution in [0.25, 0.3) is 11.1 Å². The maximum atomic E-state index is 13.2. The third-order valence-electron chi connectivity index (χ3n) is 9.34. The first kappa shape index (κ1) is 33.3. The zero-order chi connectivity index (χ0) is 33.2. The number of carbonyl (C=O) groups excluding carboxylic acids is 3. The standard InChI is InChI=1S/C37H43BN2O6/c1-23(2)33(40-35(43)44-22-31-29-14-10-8-12-27(29)28-13-9-11-15-30(28)31)32(41)21-16-24(3)34(42)39-26-19-17-25(18-20-26)38-45-36(4,5)37(6,7)46-38/h8-15,17-20,23-24,31H,16,21-22H2,1-7H3,(H,39,42). The molecule has 2 aliphatic rings. The van der Waals surface area contributed by atoms with Crippen LogP contribution < -0.4 is 10.8 Å². The van der Waals surface area contributed by atoms with Gasteiger partial charge in [0.05, 0.1) is 16.9 Å². The fraction of sp³-hybridized carbons (Fsp3) is 0.405. The minimum atomic E-state index is -0.784. The van der Waals surface area contributed by atoms with Gasteiger partial charge >= 0.3 is 13.2 Å². The third-order valence-corrected chi connectivity index (χ3v) is 9.34. The molecule has 1 saturated heterocycles. The van der Waals surface area contributed by atoms with Gasteiger partial charge in [0.1, 0.15) is 6.61 Å². The lowest BCUT2D eigenvalue weighted by molar-refractivity contribution is -0.120. The Labute approximate surface area is 272 Å². The highest BCUT2D eigenvalue weighted by Gasteiger charge is 2.51. The van der Waals surface area contributed by atoms with E-state index >= 15 is 0 Å². The van der Waals surface area contributed by atoms with Crippen molar-refractivity contribution in [2.24, 2.45) is 16.8 Å². The summed E-state index contributed by atoms with van der Waals surface area (Å²) in [5.41, 5.74) is 5.27. The highest BCUT2D eigenvalue weighted by molar-refractivity contribution is 6.62. The number of benzene rings is 3. The van der Waals surface area contributed by atoms with Gasteiger partial charge in [-0.15, -0.1) is 0 Å². The van der Waals surface area contributed by atoms with Crippen LogP contribution in [-0.4, -0.2) is 48.4 Å². The molecule has 3 aromatic rings. The van der Waals surface area contributed by atoms with Crippen LogP contribution in [0.5, 0.6) is 0 Å². The van der Waals surface area contributed by atoms with Crippen LogP contribution in [0, 0.1) is 11.8 Å². The van der Waals surface area contributed by atoms with Gasteiger partial charge < -0.3 is 19.4 Å². The second-order valence-corrected chi connectivity index (χ2v) is 13.5. The Hall–Kier alpha value is -4.08. The number of rotatable bonds is 10. The van der Waals surface area contributed by atoms with Gasteiger partial charge in [0.15, 0.2) is 5.78 Å². The molecule has 240 valence electrons. The highest BCUT2D eigenvalue weighted by atomic mass is 16.7. The van der Waals surface area contributed by atoms with E-state index in [0.717, 1.165) is 27.7 Å². The van der Waals surface area contributed by atoms with Gasteiger partial charge in [-0.2, -0.15) is 4.99 Å². The van der Waals surface area contributed by atoms with Gasteiger partial charge in [0, 0.05) is 23.9 Å². The second-order valence-electron chi connectivity index (χ2n) is 13.5. The number of ketones is 1. The number of hydrogen-bond donors (Lipinski definition) is 1. The van der Waals surface area contributed by atoms with Gasteiger partial charge in [-0.25, -0.2) is 4.79 Å². The lowest BCUT2D eigenvalue weighted by atomic mass is 9.79. The highest BCUT2D eigenvalue weighted by Crippen LogP contribution is 2.44. The molecule has 46 heavy (non-hydrogen) atoms. The van der Waals surface area contributed by atoms with Crippen LogP contribution in [0.4, 0.5) is 10.5 Å². The molecule has 1 atom stereocenters. The molecule has 1 fully saturated rings. The molecule has 5 rings (SSSR count). The summed E-state index contributed by atoms with van der Waals surface area (Å²) in [6.07, 6.45) is -0.385. The topological polar surface area (TPSA) is 103 Å². The Morgan fingerprint density at radius 2 is 1.39 bits per heavy atom. The van der Waals surface area contributed by atoms with E-state index in [0.29, 0.717) is 12.1 Å². The maximum absolute atomic E-state index is 13.2. The van der Waals surface area contributed by atoms with E-state index in [-0.39, 0.29) is 42.3 Å².